The highest BCUT2D eigenvalue weighted by molar-refractivity contribution is 14.0. The lowest BCUT2D eigenvalue weighted by Crippen LogP contribution is -2.38. The van der Waals surface area contributed by atoms with Crippen LogP contribution in [0.5, 0.6) is 0 Å². The minimum absolute atomic E-state index is 0. The number of nitrogens with zero attached hydrogens (tertiary/aromatic N) is 1. The van der Waals surface area contributed by atoms with Crippen LogP contribution >= 0.6 is 24.0 Å². The smallest absolute Gasteiger partial charge is 0.190 e. The fraction of sp³-hybridized carbons (Fsp3) is 0.588. The number of ether oxygens (including phenoxy) is 1. The van der Waals surface area contributed by atoms with Crippen LogP contribution in [0.2, 0.25) is 0 Å². The van der Waals surface area contributed by atoms with E-state index >= 15 is 0 Å². The number of nitrogens with one attached hydrogen (secondary N) is 2. The number of hydrogen-bond acceptors (Lipinski definition) is 2. The Hall–Kier alpha value is -0.820. The summed E-state index contributed by atoms with van der Waals surface area (Å²) in [6, 6.07) is 8.62. The zero-order valence-corrected chi connectivity index (χ0v) is 16.4. The predicted molar refractivity (Wildman–Crippen MR) is 105 cm³/mol. The van der Waals surface area contributed by atoms with Crippen LogP contribution in [-0.2, 0) is 11.2 Å². The van der Waals surface area contributed by atoms with Gasteiger partial charge in [-0.15, -0.1) is 24.0 Å². The van der Waals surface area contributed by atoms with Crippen LogP contribution in [0.1, 0.15) is 30.9 Å². The molecule has 0 unspecified atom stereocenters. The van der Waals surface area contributed by atoms with Gasteiger partial charge in [-0.25, -0.2) is 0 Å². The lowest BCUT2D eigenvalue weighted by atomic mass is 10.1. The number of hydrogen-bond donors (Lipinski definition) is 2. The topological polar surface area (TPSA) is 45.6 Å². The number of halogens is 1. The van der Waals surface area contributed by atoms with Gasteiger partial charge < -0.3 is 15.4 Å². The molecule has 1 aromatic carbocycles. The Morgan fingerprint density at radius 3 is 2.64 bits per heavy atom. The van der Waals surface area contributed by atoms with Gasteiger partial charge in [-0.3, -0.25) is 4.99 Å². The summed E-state index contributed by atoms with van der Waals surface area (Å²) in [6.45, 7) is 7.62. The number of rotatable bonds is 9. The molecule has 0 bridgehead atoms. The summed E-state index contributed by atoms with van der Waals surface area (Å²) in [5.74, 6) is 0.874. The van der Waals surface area contributed by atoms with E-state index in [0.29, 0.717) is 0 Å². The average molecular weight is 419 g/mol. The van der Waals surface area contributed by atoms with Gasteiger partial charge in [-0.2, -0.15) is 0 Å². The highest BCUT2D eigenvalue weighted by Gasteiger charge is 1.98. The van der Waals surface area contributed by atoms with Gasteiger partial charge in [-0.05, 0) is 38.7 Å². The van der Waals surface area contributed by atoms with Crippen molar-refractivity contribution in [2.45, 2.75) is 33.1 Å². The predicted octanol–water partition coefficient (Wildman–Crippen LogP) is 3.14. The zero-order valence-electron chi connectivity index (χ0n) is 14.0. The van der Waals surface area contributed by atoms with E-state index in [-0.39, 0.29) is 24.0 Å². The summed E-state index contributed by atoms with van der Waals surface area (Å²) in [4.78, 5) is 4.23. The first-order chi connectivity index (χ1) is 10.3. The molecule has 1 rings (SSSR count). The van der Waals surface area contributed by atoms with Crippen molar-refractivity contribution in [2.24, 2.45) is 4.99 Å². The Kier molecular flexibility index (Phi) is 13.3. The van der Waals surface area contributed by atoms with Crippen LogP contribution in [0.3, 0.4) is 0 Å². The molecule has 0 spiro atoms. The van der Waals surface area contributed by atoms with Crippen molar-refractivity contribution in [3.63, 3.8) is 0 Å². The molecule has 4 nitrogen and oxygen atoms in total. The Labute approximate surface area is 152 Å². The molecule has 0 amide bonds. The molecule has 0 saturated heterocycles. The average Bonchev–Trinajstić information content (AvgIpc) is 2.49. The molecule has 2 N–H and O–H groups in total. The summed E-state index contributed by atoms with van der Waals surface area (Å²) in [7, 11) is 1.81. The molecule has 126 valence electrons. The van der Waals surface area contributed by atoms with Gasteiger partial charge in [0, 0.05) is 33.4 Å². The lowest BCUT2D eigenvalue weighted by molar-refractivity contribution is 0.143. The SMILES string of the molecule is CCOCCCCNC(=NC)NCCc1cccc(C)c1.I. The monoisotopic (exact) mass is 419 g/mol. The van der Waals surface area contributed by atoms with Crippen molar-refractivity contribution in [1.82, 2.24) is 10.6 Å². The lowest BCUT2D eigenvalue weighted by Gasteiger charge is -2.12. The molecule has 1 aromatic rings. The van der Waals surface area contributed by atoms with Crippen molar-refractivity contribution in [3.05, 3.63) is 35.4 Å². The maximum atomic E-state index is 5.32. The quantitative estimate of drug-likeness (QED) is 0.280. The molecule has 0 aliphatic rings. The molecular formula is C17H30IN3O. The van der Waals surface area contributed by atoms with Gasteiger partial charge in [0.1, 0.15) is 0 Å². The van der Waals surface area contributed by atoms with Gasteiger partial charge in [0.2, 0.25) is 0 Å². The third kappa shape index (κ3) is 10.00. The summed E-state index contributed by atoms with van der Waals surface area (Å²) in [5, 5.41) is 6.67. The molecule has 5 heteroatoms. The number of unbranched alkanes of at least 4 members (excludes halogenated alkanes) is 1. The first kappa shape index (κ1) is 21.2. The van der Waals surface area contributed by atoms with Gasteiger partial charge >= 0.3 is 0 Å². The van der Waals surface area contributed by atoms with Crippen LogP contribution in [0.15, 0.2) is 29.3 Å². The van der Waals surface area contributed by atoms with E-state index in [1.54, 1.807) is 0 Å². The standard InChI is InChI=1S/C17H29N3O.HI/c1-4-21-13-6-5-11-19-17(18-3)20-12-10-16-9-7-8-15(2)14-16;/h7-9,14H,4-6,10-13H2,1-3H3,(H2,18,19,20);1H. The second-order valence-electron chi connectivity index (χ2n) is 5.07. The molecule has 22 heavy (non-hydrogen) atoms. The third-order valence-corrected chi connectivity index (χ3v) is 3.22. The number of guanidine groups is 1. The van der Waals surface area contributed by atoms with Gasteiger partial charge in [0.05, 0.1) is 0 Å². The third-order valence-electron chi connectivity index (χ3n) is 3.22. The minimum atomic E-state index is 0. The first-order valence-electron chi connectivity index (χ1n) is 7.84. The molecule has 0 aliphatic heterocycles. The van der Waals surface area contributed by atoms with Gasteiger partial charge in [-0.1, -0.05) is 29.8 Å². The van der Waals surface area contributed by atoms with Crippen molar-refractivity contribution < 1.29 is 4.74 Å². The summed E-state index contributed by atoms with van der Waals surface area (Å²) < 4.78 is 5.32. The Morgan fingerprint density at radius 2 is 1.95 bits per heavy atom. The number of aliphatic imine (C=N–C) groups is 1. The first-order valence-corrected chi connectivity index (χ1v) is 7.84. The van der Waals surface area contributed by atoms with Crippen LogP contribution in [-0.4, -0.2) is 39.3 Å². The van der Waals surface area contributed by atoms with Crippen molar-refractivity contribution >= 4 is 29.9 Å². The summed E-state index contributed by atoms with van der Waals surface area (Å²) in [5.41, 5.74) is 2.67. The van der Waals surface area contributed by atoms with Crippen LogP contribution in [0, 0.1) is 6.92 Å². The normalized spacial score (nSPS) is 11.0. The van der Waals surface area contributed by atoms with E-state index in [2.05, 4.69) is 46.8 Å². The highest BCUT2D eigenvalue weighted by Crippen LogP contribution is 2.03. The van der Waals surface area contributed by atoms with Crippen molar-refractivity contribution in [3.8, 4) is 0 Å². The van der Waals surface area contributed by atoms with Crippen molar-refractivity contribution in [2.75, 3.05) is 33.4 Å². The van der Waals surface area contributed by atoms with E-state index in [1.165, 1.54) is 11.1 Å². The van der Waals surface area contributed by atoms with Crippen LogP contribution in [0.25, 0.3) is 0 Å². The number of benzene rings is 1. The maximum absolute atomic E-state index is 5.32. The molecule has 0 aromatic heterocycles. The molecule has 0 aliphatic carbocycles. The Balaban J connectivity index is 0.00000441. The molecule has 0 heterocycles. The summed E-state index contributed by atoms with van der Waals surface area (Å²) in [6.07, 6.45) is 3.19. The molecule has 0 saturated carbocycles. The fourth-order valence-electron chi connectivity index (χ4n) is 2.09. The van der Waals surface area contributed by atoms with E-state index in [4.69, 9.17) is 4.74 Å². The zero-order chi connectivity index (χ0) is 15.3. The van der Waals surface area contributed by atoms with E-state index in [9.17, 15) is 0 Å². The maximum Gasteiger partial charge on any atom is 0.190 e. The largest absolute Gasteiger partial charge is 0.382 e. The van der Waals surface area contributed by atoms with Crippen LogP contribution in [0.4, 0.5) is 0 Å². The summed E-state index contributed by atoms with van der Waals surface area (Å²) >= 11 is 0. The second kappa shape index (κ2) is 13.8. The Morgan fingerprint density at radius 1 is 1.18 bits per heavy atom. The molecular weight excluding hydrogens is 389 g/mol. The van der Waals surface area contributed by atoms with Crippen molar-refractivity contribution in [1.29, 1.82) is 0 Å². The fourth-order valence-corrected chi connectivity index (χ4v) is 2.09. The minimum Gasteiger partial charge on any atom is -0.382 e. The van der Waals surface area contributed by atoms with Gasteiger partial charge in [0.25, 0.3) is 0 Å². The Bertz CT molecular complexity index is 424. The van der Waals surface area contributed by atoms with Gasteiger partial charge in [0.15, 0.2) is 5.96 Å². The van der Waals surface area contributed by atoms with E-state index < -0.39 is 0 Å². The molecule has 0 atom stereocenters. The molecule has 0 radical (unpaired) electrons. The second-order valence-corrected chi connectivity index (χ2v) is 5.07. The van der Waals surface area contributed by atoms with Crippen LogP contribution < -0.4 is 10.6 Å². The highest BCUT2D eigenvalue weighted by atomic mass is 127. The van der Waals surface area contributed by atoms with E-state index in [0.717, 1.165) is 51.5 Å². The van der Waals surface area contributed by atoms with E-state index in [1.807, 2.05) is 14.0 Å². The number of aryl methyl sites for hydroxylation is 1. The molecule has 0 fully saturated rings.